The highest BCUT2D eigenvalue weighted by Crippen LogP contribution is 2.25. The second-order valence-electron chi connectivity index (χ2n) is 5.97. The van der Waals surface area contributed by atoms with Crippen LogP contribution >= 0.6 is 15.9 Å². The van der Waals surface area contributed by atoms with E-state index in [1.807, 2.05) is 13.8 Å². The predicted molar refractivity (Wildman–Crippen MR) is 93.5 cm³/mol. The molecule has 1 N–H and O–H groups in total. The van der Waals surface area contributed by atoms with E-state index in [0.717, 1.165) is 17.3 Å². The van der Waals surface area contributed by atoms with Crippen molar-refractivity contribution in [3.8, 4) is 0 Å². The highest BCUT2D eigenvalue weighted by Gasteiger charge is 2.33. The molecule has 1 aromatic carbocycles. The minimum absolute atomic E-state index is 0.0462. The molecule has 0 spiro atoms. The van der Waals surface area contributed by atoms with Gasteiger partial charge in [0.25, 0.3) is 0 Å². The number of hydrogen-bond acceptors (Lipinski definition) is 3. The number of sulfonamides is 1. The van der Waals surface area contributed by atoms with Crippen molar-refractivity contribution in [2.75, 3.05) is 13.1 Å². The summed E-state index contributed by atoms with van der Waals surface area (Å²) in [4.78, 5) is 12.5. The predicted octanol–water partition coefficient (Wildman–Crippen LogP) is 2.76. The number of nitrogens with zero attached hydrogens (tertiary/aromatic N) is 1. The Morgan fingerprint density at radius 1 is 1.39 bits per heavy atom. The Labute approximate surface area is 146 Å². The first-order valence-electron chi connectivity index (χ1n) is 7.90. The molecule has 128 valence electrons. The first kappa shape index (κ1) is 18.4. The van der Waals surface area contributed by atoms with Crippen LogP contribution in [-0.4, -0.2) is 37.8 Å². The molecule has 1 aliphatic rings. The molecule has 1 aromatic rings. The molecule has 0 unspecified atom stereocenters. The first-order chi connectivity index (χ1) is 10.8. The molecule has 0 bridgehead atoms. The topological polar surface area (TPSA) is 66.5 Å². The van der Waals surface area contributed by atoms with Gasteiger partial charge in [-0.1, -0.05) is 22.9 Å². The van der Waals surface area contributed by atoms with Gasteiger partial charge in [-0.15, -0.1) is 0 Å². The van der Waals surface area contributed by atoms with Crippen LogP contribution in [0.2, 0.25) is 0 Å². The Kier molecular flexibility index (Phi) is 6.22. The molecule has 1 aliphatic heterocycles. The van der Waals surface area contributed by atoms with Gasteiger partial charge in [0.2, 0.25) is 15.9 Å². The summed E-state index contributed by atoms with van der Waals surface area (Å²) in [7, 11) is -3.55. The molecule has 0 radical (unpaired) electrons. The molecule has 0 aromatic heterocycles. The monoisotopic (exact) mass is 402 g/mol. The fraction of sp³-hybridized carbons (Fsp3) is 0.562. The zero-order valence-electron chi connectivity index (χ0n) is 13.5. The number of hydrogen-bond donors (Lipinski definition) is 1. The Bertz CT molecular complexity index is 646. The lowest BCUT2D eigenvalue weighted by Crippen LogP contribution is -2.46. The van der Waals surface area contributed by atoms with Crippen molar-refractivity contribution in [1.82, 2.24) is 9.62 Å². The van der Waals surface area contributed by atoms with Crippen molar-refractivity contribution < 1.29 is 13.2 Å². The maximum absolute atomic E-state index is 12.7. The molecule has 0 aliphatic carbocycles. The Balaban J connectivity index is 2.11. The number of benzene rings is 1. The summed E-state index contributed by atoms with van der Waals surface area (Å²) in [6.07, 6.45) is 2.29. The fourth-order valence-electron chi connectivity index (χ4n) is 2.59. The highest BCUT2D eigenvalue weighted by molar-refractivity contribution is 9.10. The number of piperidine rings is 1. The van der Waals surface area contributed by atoms with E-state index in [4.69, 9.17) is 0 Å². The maximum atomic E-state index is 12.7. The molecule has 5 nitrogen and oxygen atoms in total. The molecular weight excluding hydrogens is 380 g/mol. The minimum Gasteiger partial charge on any atom is -0.353 e. The third-order valence-corrected chi connectivity index (χ3v) is 6.62. The number of carbonyl (C=O) groups excluding carboxylic acids is 1. The molecule has 1 saturated heterocycles. The van der Waals surface area contributed by atoms with E-state index >= 15 is 0 Å². The molecule has 1 fully saturated rings. The van der Waals surface area contributed by atoms with Crippen LogP contribution in [0.4, 0.5) is 0 Å². The van der Waals surface area contributed by atoms with E-state index < -0.39 is 10.0 Å². The summed E-state index contributed by atoms with van der Waals surface area (Å²) in [6, 6.07) is 6.71. The average molecular weight is 403 g/mol. The number of amides is 1. The van der Waals surface area contributed by atoms with E-state index in [0.29, 0.717) is 13.0 Å². The first-order valence-corrected chi connectivity index (χ1v) is 10.1. The summed E-state index contributed by atoms with van der Waals surface area (Å²) in [6.45, 7) is 4.68. The van der Waals surface area contributed by atoms with E-state index in [1.54, 1.807) is 24.3 Å². The second kappa shape index (κ2) is 7.77. The summed E-state index contributed by atoms with van der Waals surface area (Å²) in [5.41, 5.74) is 0. The van der Waals surface area contributed by atoms with Crippen molar-refractivity contribution in [2.24, 2.45) is 5.92 Å². The van der Waals surface area contributed by atoms with Crippen molar-refractivity contribution in [2.45, 2.75) is 44.0 Å². The van der Waals surface area contributed by atoms with Crippen molar-refractivity contribution in [1.29, 1.82) is 0 Å². The van der Waals surface area contributed by atoms with Crippen LogP contribution in [0.15, 0.2) is 33.6 Å². The van der Waals surface area contributed by atoms with Crippen molar-refractivity contribution >= 4 is 31.9 Å². The standard InChI is InChI=1S/C16H23BrN2O3S/c1-3-12(2)18-16(20)13-5-4-10-19(11-13)23(21,22)15-8-6-14(17)7-9-15/h6-9,12-13H,3-5,10-11H2,1-2H3,(H,18,20)/t12-,13-/m0/s1. The molecule has 1 amide bonds. The minimum atomic E-state index is -3.55. The lowest BCUT2D eigenvalue weighted by atomic mass is 9.98. The average Bonchev–Trinajstić information content (AvgIpc) is 2.55. The molecule has 2 rings (SSSR count). The zero-order valence-corrected chi connectivity index (χ0v) is 15.9. The second-order valence-corrected chi connectivity index (χ2v) is 8.83. The van der Waals surface area contributed by atoms with Gasteiger partial charge in [0.15, 0.2) is 0 Å². The normalized spacial score (nSPS) is 20.9. The summed E-state index contributed by atoms with van der Waals surface area (Å²) in [5, 5.41) is 2.95. The van der Waals surface area contributed by atoms with E-state index in [-0.39, 0.29) is 29.3 Å². The van der Waals surface area contributed by atoms with Gasteiger partial charge in [-0.2, -0.15) is 4.31 Å². The van der Waals surface area contributed by atoms with Gasteiger partial charge >= 0.3 is 0 Å². The largest absolute Gasteiger partial charge is 0.353 e. The van der Waals surface area contributed by atoms with Gasteiger partial charge in [-0.05, 0) is 50.5 Å². The maximum Gasteiger partial charge on any atom is 0.243 e. The summed E-state index contributed by atoms with van der Waals surface area (Å²) >= 11 is 3.31. The van der Waals surface area contributed by atoms with E-state index in [2.05, 4.69) is 21.2 Å². The van der Waals surface area contributed by atoms with Crippen LogP contribution in [0, 0.1) is 5.92 Å². The van der Waals surface area contributed by atoms with Gasteiger partial charge in [0, 0.05) is 23.6 Å². The summed E-state index contributed by atoms with van der Waals surface area (Å²) < 4.78 is 27.7. The number of halogens is 1. The molecular formula is C16H23BrN2O3S. The third kappa shape index (κ3) is 4.55. The van der Waals surface area contributed by atoms with Gasteiger partial charge in [-0.25, -0.2) is 8.42 Å². The van der Waals surface area contributed by atoms with Crippen LogP contribution in [0.1, 0.15) is 33.1 Å². The molecule has 1 heterocycles. The number of nitrogens with one attached hydrogen (secondary N) is 1. The summed E-state index contributed by atoms with van der Waals surface area (Å²) in [5.74, 6) is -0.321. The molecule has 2 atom stereocenters. The van der Waals surface area contributed by atoms with Crippen LogP contribution < -0.4 is 5.32 Å². The van der Waals surface area contributed by atoms with E-state index in [9.17, 15) is 13.2 Å². The smallest absolute Gasteiger partial charge is 0.243 e. The SMILES string of the molecule is CC[C@H](C)NC(=O)[C@H]1CCCN(S(=O)(=O)c2ccc(Br)cc2)C1. The Hall–Kier alpha value is -0.920. The fourth-order valence-corrected chi connectivity index (χ4v) is 4.38. The zero-order chi connectivity index (χ0) is 17.0. The van der Waals surface area contributed by atoms with Gasteiger partial charge in [0.05, 0.1) is 10.8 Å². The van der Waals surface area contributed by atoms with Crippen LogP contribution in [-0.2, 0) is 14.8 Å². The lowest BCUT2D eigenvalue weighted by molar-refractivity contribution is -0.126. The van der Waals surface area contributed by atoms with Crippen molar-refractivity contribution in [3.05, 3.63) is 28.7 Å². The lowest BCUT2D eigenvalue weighted by Gasteiger charge is -2.31. The number of rotatable bonds is 5. The molecule has 7 heteroatoms. The van der Waals surface area contributed by atoms with E-state index in [1.165, 1.54) is 4.31 Å². The van der Waals surface area contributed by atoms with Crippen LogP contribution in [0.25, 0.3) is 0 Å². The van der Waals surface area contributed by atoms with Crippen LogP contribution in [0.3, 0.4) is 0 Å². The van der Waals surface area contributed by atoms with Crippen molar-refractivity contribution in [3.63, 3.8) is 0 Å². The quantitative estimate of drug-likeness (QED) is 0.822. The number of carbonyl (C=O) groups is 1. The highest BCUT2D eigenvalue weighted by atomic mass is 79.9. The van der Waals surface area contributed by atoms with Gasteiger partial charge < -0.3 is 5.32 Å². The molecule has 0 saturated carbocycles. The van der Waals surface area contributed by atoms with Crippen LogP contribution in [0.5, 0.6) is 0 Å². The third-order valence-electron chi connectivity index (χ3n) is 4.21. The Morgan fingerprint density at radius 2 is 2.04 bits per heavy atom. The van der Waals surface area contributed by atoms with Gasteiger partial charge in [0.1, 0.15) is 0 Å². The molecule has 23 heavy (non-hydrogen) atoms. The van der Waals surface area contributed by atoms with Gasteiger partial charge in [-0.3, -0.25) is 4.79 Å². The Morgan fingerprint density at radius 3 is 2.65 bits per heavy atom.